The molecule has 1 N–H and O–H groups in total. The molecule has 1 aromatic carbocycles. The number of nitrogens with zero attached hydrogens (tertiary/aromatic N) is 1. The van der Waals surface area contributed by atoms with Gasteiger partial charge in [0.2, 0.25) is 22.7 Å². The molecule has 0 saturated carbocycles. The average Bonchev–Trinajstić information content (AvgIpc) is 3.15. The van der Waals surface area contributed by atoms with Crippen molar-refractivity contribution in [2.24, 2.45) is 0 Å². The van der Waals surface area contributed by atoms with E-state index >= 15 is 0 Å². The van der Waals surface area contributed by atoms with Gasteiger partial charge in [-0.15, -0.1) is 0 Å². The van der Waals surface area contributed by atoms with Gasteiger partial charge in [-0.05, 0) is 37.0 Å². The molecule has 0 unspecified atom stereocenters. The highest BCUT2D eigenvalue weighted by atomic mass is 32.2. The second kappa shape index (κ2) is 6.37. The van der Waals surface area contributed by atoms with Gasteiger partial charge in [0, 0.05) is 13.1 Å². The lowest BCUT2D eigenvalue weighted by Crippen LogP contribution is -2.45. The summed E-state index contributed by atoms with van der Waals surface area (Å²) in [7, 11) is -3.34. The Hall–Kier alpha value is -1.80. The molecule has 2 aliphatic heterocycles. The molecule has 0 bridgehead atoms. The van der Waals surface area contributed by atoms with Crippen LogP contribution in [0, 0.1) is 0 Å². The Morgan fingerprint density at radius 3 is 2.91 bits per heavy atom. The Morgan fingerprint density at radius 1 is 1.35 bits per heavy atom. The van der Waals surface area contributed by atoms with Gasteiger partial charge in [0.05, 0.1) is 6.26 Å². The van der Waals surface area contributed by atoms with E-state index in [2.05, 4.69) is 5.32 Å². The molecule has 2 aliphatic rings. The first kappa shape index (κ1) is 16.1. The van der Waals surface area contributed by atoms with E-state index in [1.165, 1.54) is 4.31 Å². The minimum Gasteiger partial charge on any atom is -0.454 e. The van der Waals surface area contributed by atoms with Gasteiger partial charge >= 0.3 is 0 Å². The molecule has 1 atom stereocenters. The van der Waals surface area contributed by atoms with Crippen molar-refractivity contribution < 1.29 is 22.7 Å². The SMILES string of the molecule is CS(=O)(=O)N1CCC[C@H]1C(=O)NCCc1ccc2c(c1)OCO2. The maximum Gasteiger partial charge on any atom is 0.238 e. The van der Waals surface area contributed by atoms with E-state index in [0.29, 0.717) is 38.1 Å². The Bertz CT molecular complexity index is 704. The molecule has 126 valence electrons. The summed E-state index contributed by atoms with van der Waals surface area (Å²) in [5.74, 6) is 1.22. The summed E-state index contributed by atoms with van der Waals surface area (Å²) in [6, 6.07) is 5.09. The van der Waals surface area contributed by atoms with Crippen molar-refractivity contribution >= 4 is 15.9 Å². The molecule has 1 aromatic rings. The van der Waals surface area contributed by atoms with Gasteiger partial charge in [0.15, 0.2) is 11.5 Å². The van der Waals surface area contributed by atoms with E-state index in [9.17, 15) is 13.2 Å². The van der Waals surface area contributed by atoms with Crippen LogP contribution in [0.5, 0.6) is 11.5 Å². The van der Waals surface area contributed by atoms with Crippen LogP contribution in [-0.4, -0.2) is 50.8 Å². The van der Waals surface area contributed by atoms with Gasteiger partial charge in [-0.1, -0.05) is 6.07 Å². The molecule has 7 nitrogen and oxygen atoms in total. The van der Waals surface area contributed by atoms with Crippen molar-refractivity contribution in [3.63, 3.8) is 0 Å². The minimum absolute atomic E-state index is 0.228. The number of nitrogens with one attached hydrogen (secondary N) is 1. The molecule has 3 rings (SSSR count). The standard InChI is InChI=1S/C15H20N2O5S/c1-23(19,20)17-8-2-3-12(17)15(18)16-7-6-11-4-5-13-14(9-11)22-10-21-13/h4-5,9,12H,2-3,6-8,10H2,1H3,(H,16,18)/t12-/m0/s1. The molecule has 0 aliphatic carbocycles. The van der Waals surface area contributed by atoms with Gasteiger partial charge in [-0.2, -0.15) is 4.31 Å². The average molecular weight is 340 g/mol. The number of carbonyl (C=O) groups excluding carboxylic acids is 1. The maximum atomic E-state index is 12.2. The fourth-order valence-corrected chi connectivity index (χ4v) is 4.07. The summed E-state index contributed by atoms with van der Waals surface area (Å²) in [5.41, 5.74) is 1.03. The summed E-state index contributed by atoms with van der Waals surface area (Å²) in [6.07, 6.45) is 3.08. The molecule has 8 heteroatoms. The van der Waals surface area contributed by atoms with Crippen molar-refractivity contribution in [3.8, 4) is 11.5 Å². The Labute approximate surface area is 135 Å². The van der Waals surface area contributed by atoms with Crippen LogP contribution in [0.4, 0.5) is 0 Å². The Balaban J connectivity index is 1.53. The topological polar surface area (TPSA) is 84.9 Å². The highest BCUT2D eigenvalue weighted by molar-refractivity contribution is 7.88. The quantitative estimate of drug-likeness (QED) is 0.844. The van der Waals surface area contributed by atoms with E-state index in [1.807, 2.05) is 18.2 Å². The number of hydrogen-bond acceptors (Lipinski definition) is 5. The highest BCUT2D eigenvalue weighted by Gasteiger charge is 2.36. The highest BCUT2D eigenvalue weighted by Crippen LogP contribution is 2.32. The number of sulfonamides is 1. The summed E-state index contributed by atoms with van der Waals surface area (Å²) >= 11 is 0. The first-order valence-electron chi connectivity index (χ1n) is 7.58. The van der Waals surface area contributed by atoms with Crippen molar-refractivity contribution in [1.82, 2.24) is 9.62 Å². The van der Waals surface area contributed by atoms with Crippen LogP contribution in [0.2, 0.25) is 0 Å². The van der Waals surface area contributed by atoms with E-state index in [0.717, 1.165) is 17.6 Å². The normalized spacial score (nSPS) is 20.7. The van der Waals surface area contributed by atoms with Crippen molar-refractivity contribution in [2.75, 3.05) is 26.1 Å². The zero-order valence-corrected chi connectivity index (χ0v) is 13.8. The Kier molecular flexibility index (Phi) is 4.45. The molecule has 0 radical (unpaired) electrons. The number of fused-ring (bicyclic) bond motifs is 1. The van der Waals surface area contributed by atoms with Crippen LogP contribution >= 0.6 is 0 Å². The number of hydrogen-bond donors (Lipinski definition) is 1. The number of rotatable bonds is 5. The third-order valence-corrected chi connectivity index (χ3v) is 5.37. The van der Waals surface area contributed by atoms with E-state index < -0.39 is 16.1 Å². The lowest BCUT2D eigenvalue weighted by molar-refractivity contribution is -0.124. The summed E-state index contributed by atoms with van der Waals surface area (Å²) in [4.78, 5) is 12.2. The molecule has 1 amide bonds. The molecule has 0 aromatic heterocycles. The van der Waals surface area contributed by atoms with Gasteiger partial charge in [0.1, 0.15) is 6.04 Å². The fourth-order valence-electron chi connectivity index (χ4n) is 2.94. The van der Waals surface area contributed by atoms with E-state index in [1.54, 1.807) is 0 Å². The zero-order chi connectivity index (χ0) is 16.4. The summed E-state index contributed by atoms with van der Waals surface area (Å²) in [5, 5.41) is 2.83. The Morgan fingerprint density at radius 2 is 2.13 bits per heavy atom. The maximum absolute atomic E-state index is 12.2. The van der Waals surface area contributed by atoms with Crippen LogP contribution in [0.25, 0.3) is 0 Å². The third kappa shape index (κ3) is 3.59. The number of benzene rings is 1. The van der Waals surface area contributed by atoms with Gasteiger partial charge in [-0.3, -0.25) is 4.79 Å². The van der Waals surface area contributed by atoms with Crippen molar-refractivity contribution in [2.45, 2.75) is 25.3 Å². The molecular weight excluding hydrogens is 320 g/mol. The number of ether oxygens (including phenoxy) is 2. The van der Waals surface area contributed by atoms with E-state index in [-0.39, 0.29) is 12.7 Å². The second-order valence-corrected chi connectivity index (χ2v) is 7.70. The first-order chi connectivity index (χ1) is 10.9. The van der Waals surface area contributed by atoms with Crippen LogP contribution in [0.3, 0.4) is 0 Å². The molecule has 23 heavy (non-hydrogen) atoms. The molecule has 0 spiro atoms. The second-order valence-electron chi connectivity index (χ2n) is 5.76. The predicted octanol–water partition coefficient (Wildman–Crippen LogP) is 0.498. The van der Waals surface area contributed by atoms with Crippen LogP contribution in [-0.2, 0) is 21.2 Å². The molecule has 1 saturated heterocycles. The summed E-state index contributed by atoms with van der Waals surface area (Å²) < 4.78 is 35.2. The van der Waals surface area contributed by atoms with Gasteiger partial charge < -0.3 is 14.8 Å². The van der Waals surface area contributed by atoms with Gasteiger partial charge in [0.25, 0.3) is 0 Å². The third-order valence-electron chi connectivity index (χ3n) is 4.08. The monoisotopic (exact) mass is 340 g/mol. The summed E-state index contributed by atoms with van der Waals surface area (Å²) in [6.45, 7) is 1.10. The molecular formula is C15H20N2O5S. The lowest BCUT2D eigenvalue weighted by Gasteiger charge is -2.21. The number of carbonyl (C=O) groups is 1. The van der Waals surface area contributed by atoms with Crippen LogP contribution in [0.1, 0.15) is 18.4 Å². The molecule has 1 fully saturated rings. The van der Waals surface area contributed by atoms with Crippen molar-refractivity contribution in [3.05, 3.63) is 23.8 Å². The lowest BCUT2D eigenvalue weighted by atomic mass is 10.1. The van der Waals surface area contributed by atoms with Gasteiger partial charge in [-0.25, -0.2) is 8.42 Å². The largest absolute Gasteiger partial charge is 0.454 e. The predicted molar refractivity (Wildman–Crippen MR) is 83.9 cm³/mol. The van der Waals surface area contributed by atoms with Crippen molar-refractivity contribution in [1.29, 1.82) is 0 Å². The zero-order valence-electron chi connectivity index (χ0n) is 12.9. The smallest absolute Gasteiger partial charge is 0.238 e. The minimum atomic E-state index is -3.34. The number of amides is 1. The first-order valence-corrected chi connectivity index (χ1v) is 9.43. The molecule has 2 heterocycles. The van der Waals surface area contributed by atoms with E-state index in [4.69, 9.17) is 9.47 Å². The van der Waals surface area contributed by atoms with Crippen LogP contribution < -0.4 is 14.8 Å². The fraction of sp³-hybridized carbons (Fsp3) is 0.533. The van der Waals surface area contributed by atoms with Crippen LogP contribution in [0.15, 0.2) is 18.2 Å².